The molecule has 9 heteroatoms. The normalized spacial score (nSPS) is 13.9. The van der Waals surface area contributed by atoms with Crippen LogP contribution >= 0.6 is 0 Å². The number of carboxylic acids is 1. The number of aliphatic carboxylic acids is 1. The van der Waals surface area contributed by atoms with Gasteiger partial charge in [-0.15, -0.1) is 0 Å². The molecule has 0 unspecified atom stereocenters. The van der Waals surface area contributed by atoms with Gasteiger partial charge in [-0.2, -0.15) is 4.72 Å². The predicted octanol–water partition coefficient (Wildman–Crippen LogP) is 0.0863. The van der Waals surface area contributed by atoms with Crippen LogP contribution in [0.15, 0.2) is 35.2 Å². The zero-order valence-electron chi connectivity index (χ0n) is 11.5. The molecule has 0 bridgehead atoms. The van der Waals surface area contributed by atoms with Crippen LogP contribution in [0.5, 0.6) is 0 Å². The summed E-state index contributed by atoms with van der Waals surface area (Å²) in [4.78, 5) is 34.1. The number of rotatable bonds is 4. The van der Waals surface area contributed by atoms with Gasteiger partial charge in [0.2, 0.25) is 10.0 Å². The van der Waals surface area contributed by atoms with E-state index in [4.69, 9.17) is 5.11 Å². The Morgan fingerprint density at radius 2 is 1.83 bits per heavy atom. The monoisotopic (exact) mass is 334 g/mol. The molecule has 2 aromatic rings. The molecule has 0 saturated carbocycles. The quantitative estimate of drug-likeness (QED) is 0.679. The maximum atomic E-state index is 12.1. The Morgan fingerprint density at radius 3 is 2.52 bits per heavy atom. The first-order valence-corrected chi connectivity index (χ1v) is 7.92. The van der Waals surface area contributed by atoms with Crippen molar-refractivity contribution in [1.29, 1.82) is 0 Å². The van der Waals surface area contributed by atoms with E-state index in [1.807, 2.05) is 4.72 Å². The molecule has 0 spiro atoms. The lowest BCUT2D eigenvalue weighted by atomic mass is 9.95. The zero-order chi connectivity index (χ0) is 16.8. The van der Waals surface area contributed by atoms with Gasteiger partial charge in [0.05, 0.1) is 4.90 Å². The highest BCUT2D eigenvalue weighted by Crippen LogP contribution is 2.29. The molecular weight excluding hydrogens is 324 g/mol. The molecule has 3 N–H and O–H groups in total. The standard InChI is InChI=1S/C14H10N2O6S/c17-11(18)6-15-23(21,22)8-4-7-2-1-3-9-12(7)10(5-8)14(20)16-13(9)19/h1-5,15H,6H2,(H,17,18)(H,16,19,20). The van der Waals surface area contributed by atoms with Crippen molar-refractivity contribution >= 4 is 38.6 Å². The average Bonchev–Trinajstić information content (AvgIpc) is 2.50. The molecule has 0 atom stereocenters. The van der Waals surface area contributed by atoms with Crippen molar-refractivity contribution in [3.8, 4) is 0 Å². The number of amides is 2. The smallest absolute Gasteiger partial charge is 0.318 e. The highest BCUT2D eigenvalue weighted by atomic mass is 32.2. The van der Waals surface area contributed by atoms with Crippen LogP contribution in [0.2, 0.25) is 0 Å². The molecule has 3 rings (SSSR count). The van der Waals surface area contributed by atoms with Crippen molar-refractivity contribution in [2.45, 2.75) is 4.90 Å². The second-order valence-corrected chi connectivity index (χ2v) is 6.64. The predicted molar refractivity (Wildman–Crippen MR) is 78.6 cm³/mol. The van der Waals surface area contributed by atoms with Crippen LogP contribution in [0, 0.1) is 0 Å². The second-order valence-electron chi connectivity index (χ2n) is 4.88. The first kappa shape index (κ1) is 15.1. The van der Waals surface area contributed by atoms with Crippen LogP contribution in [0.25, 0.3) is 10.8 Å². The van der Waals surface area contributed by atoms with Crippen LogP contribution in [0.3, 0.4) is 0 Å². The van der Waals surface area contributed by atoms with Crippen molar-refractivity contribution in [2.24, 2.45) is 0 Å². The van der Waals surface area contributed by atoms with E-state index in [1.54, 1.807) is 12.1 Å². The number of carbonyl (C=O) groups is 3. The number of carbonyl (C=O) groups excluding carboxylic acids is 2. The molecule has 8 nitrogen and oxygen atoms in total. The van der Waals surface area contributed by atoms with Crippen molar-refractivity contribution in [3.05, 3.63) is 41.5 Å². The highest BCUT2D eigenvalue weighted by molar-refractivity contribution is 7.89. The fourth-order valence-corrected chi connectivity index (χ4v) is 3.44. The van der Waals surface area contributed by atoms with Gasteiger partial charge in [-0.3, -0.25) is 19.7 Å². The third-order valence-corrected chi connectivity index (χ3v) is 4.77. The Labute approximate surface area is 130 Å². The summed E-state index contributed by atoms with van der Waals surface area (Å²) in [7, 11) is -4.10. The molecular formula is C14H10N2O6S. The van der Waals surface area contributed by atoms with Gasteiger partial charge in [0.25, 0.3) is 11.8 Å². The maximum absolute atomic E-state index is 12.1. The number of imide groups is 1. The molecule has 1 aliphatic heterocycles. The van der Waals surface area contributed by atoms with Gasteiger partial charge in [-0.25, -0.2) is 8.42 Å². The van der Waals surface area contributed by atoms with Crippen LogP contribution in [-0.4, -0.2) is 37.9 Å². The minimum absolute atomic E-state index is 0.0494. The molecule has 118 valence electrons. The Morgan fingerprint density at radius 1 is 1.13 bits per heavy atom. The largest absolute Gasteiger partial charge is 0.480 e. The number of hydrogen-bond donors (Lipinski definition) is 3. The van der Waals surface area contributed by atoms with E-state index in [2.05, 4.69) is 5.32 Å². The van der Waals surface area contributed by atoms with Crippen LogP contribution in [0.4, 0.5) is 0 Å². The summed E-state index contributed by atoms with van der Waals surface area (Å²) in [5.41, 5.74) is 0.327. The molecule has 1 aliphatic rings. The van der Waals surface area contributed by atoms with Gasteiger partial charge in [0.1, 0.15) is 6.54 Å². The number of nitrogens with one attached hydrogen (secondary N) is 2. The first-order chi connectivity index (χ1) is 10.8. The van der Waals surface area contributed by atoms with Gasteiger partial charge in [-0.1, -0.05) is 12.1 Å². The highest BCUT2D eigenvalue weighted by Gasteiger charge is 2.27. The molecule has 0 aliphatic carbocycles. The number of carboxylic acid groups (broad SMARTS) is 1. The van der Waals surface area contributed by atoms with Crippen molar-refractivity contribution < 1.29 is 27.9 Å². The van der Waals surface area contributed by atoms with E-state index in [0.29, 0.717) is 10.8 Å². The van der Waals surface area contributed by atoms with E-state index in [0.717, 1.165) is 6.07 Å². The third-order valence-electron chi connectivity index (χ3n) is 3.39. The minimum Gasteiger partial charge on any atom is -0.480 e. The molecule has 1 heterocycles. The van der Waals surface area contributed by atoms with E-state index < -0.39 is 34.4 Å². The van der Waals surface area contributed by atoms with Gasteiger partial charge in [0, 0.05) is 16.5 Å². The van der Waals surface area contributed by atoms with Gasteiger partial charge < -0.3 is 5.11 Å². The van der Waals surface area contributed by atoms with Gasteiger partial charge in [0.15, 0.2) is 0 Å². The number of hydrogen-bond acceptors (Lipinski definition) is 5. The molecule has 2 aromatic carbocycles. The van der Waals surface area contributed by atoms with Crippen LogP contribution in [-0.2, 0) is 14.8 Å². The van der Waals surface area contributed by atoms with Crippen LogP contribution in [0.1, 0.15) is 20.7 Å². The van der Waals surface area contributed by atoms with Gasteiger partial charge in [-0.05, 0) is 23.6 Å². The number of sulfonamides is 1. The summed E-state index contributed by atoms with van der Waals surface area (Å²) >= 11 is 0. The summed E-state index contributed by atoms with van der Waals surface area (Å²) in [5.74, 6) is -2.58. The second kappa shape index (κ2) is 5.14. The fourth-order valence-electron chi connectivity index (χ4n) is 2.40. The van der Waals surface area contributed by atoms with Gasteiger partial charge >= 0.3 is 5.97 Å². The number of benzene rings is 2. The summed E-state index contributed by atoms with van der Waals surface area (Å²) in [6.45, 7) is -0.777. The summed E-state index contributed by atoms with van der Waals surface area (Å²) < 4.78 is 26.2. The van der Waals surface area contributed by atoms with E-state index in [-0.39, 0.29) is 16.0 Å². The zero-order valence-corrected chi connectivity index (χ0v) is 12.3. The average molecular weight is 334 g/mol. The first-order valence-electron chi connectivity index (χ1n) is 6.43. The Kier molecular flexibility index (Phi) is 3.38. The lowest BCUT2D eigenvalue weighted by Crippen LogP contribution is -2.35. The molecule has 0 radical (unpaired) electrons. The SMILES string of the molecule is O=C(O)CNS(=O)(=O)c1cc2c3c(cccc3c1)C(=O)NC2=O. The summed E-state index contributed by atoms with van der Waals surface area (Å²) in [6.07, 6.45) is 0. The fraction of sp³-hybridized carbons (Fsp3) is 0.0714. The molecule has 0 saturated heterocycles. The third kappa shape index (κ3) is 2.56. The van der Waals surface area contributed by atoms with E-state index in [1.165, 1.54) is 12.1 Å². The van der Waals surface area contributed by atoms with E-state index in [9.17, 15) is 22.8 Å². The Hall–Kier alpha value is -2.78. The summed E-state index contributed by atoms with van der Waals surface area (Å²) in [5, 5.41) is 11.5. The minimum atomic E-state index is -4.10. The lowest BCUT2D eigenvalue weighted by molar-refractivity contribution is -0.135. The molecule has 23 heavy (non-hydrogen) atoms. The molecule has 2 amide bonds. The molecule has 0 aromatic heterocycles. The lowest BCUT2D eigenvalue weighted by Gasteiger charge is -2.17. The molecule has 0 fully saturated rings. The van der Waals surface area contributed by atoms with E-state index >= 15 is 0 Å². The van der Waals surface area contributed by atoms with Crippen LogP contribution < -0.4 is 10.0 Å². The van der Waals surface area contributed by atoms with Crippen molar-refractivity contribution in [2.75, 3.05) is 6.54 Å². The Balaban J connectivity index is 2.22. The maximum Gasteiger partial charge on any atom is 0.318 e. The summed E-state index contributed by atoms with van der Waals surface area (Å²) in [6, 6.07) is 7.09. The topological polar surface area (TPSA) is 130 Å². The van der Waals surface area contributed by atoms with Crippen molar-refractivity contribution in [3.63, 3.8) is 0 Å². The Bertz CT molecular complexity index is 980. The van der Waals surface area contributed by atoms with Crippen molar-refractivity contribution in [1.82, 2.24) is 10.0 Å².